The van der Waals surface area contributed by atoms with Gasteiger partial charge in [0.15, 0.2) is 18.1 Å². The molecule has 7 heteroatoms. The second-order valence-electron chi connectivity index (χ2n) is 4.83. The van der Waals surface area contributed by atoms with Crippen molar-refractivity contribution in [3.05, 3.63) is 53.4 Å². The summed E-state index contributed by atoms with van der Waals surface area (Å²) in [6, 6.07) is 12.5. The summed E-state index contributed by atoms with van der Waals surface area (Å²) in [5.74, 6) is 2.67. The molecule has 0 spiro atoms. The zero-order chi connectivity index (χ0) is 16.9. The molecule has 0 aliphatic carbocycles. The van der Waals surface area contributed by atoms with Gasteiger partial charge in [0.05, 0.1) is 14.2 Å². The highest BCUT2D eigenvalue weighted by atomic mass is 35.5. The van der Waals surface area contributed by atoms with Gasteiger partial charge in [-0.3, -0.25) is 0 Å². The van der Waals surface area contributed by atoms with Crippen LogP contribution >= 0.6 is 11.6 Å². The Kier molecular flexibility index (Phi) is 4.86. The van der Waals surface area contributed by atoms with E-state index < -0.39 is 0 Å². The number of hydrogen-bond acceptors (Lipinski definition) is 6. The summed E-state index contributed by atoms with van der Waals surface area (Å²) in [6.45, 7) is 0.153. The molecule has 0 atom stereocenters. The molecule has 0 bridgehead atoms. The number of benzene rings is 2. The minimum Gasteiger partial charge on any atom is -0.493 e. The molecule has 0 saturated heterocycles. The lowest BCUT2D eigenvalue weighted by Gasteiger charge is -2.07. The van der Waals surface area contributed by atoms with Crippen molar-refractivity contribution in [3.63, 3.8) is 0 Å². The molecule has 24 heavy (non-hydrogen) atoms. The lowest BCUT2D eigenvalue weighted by atomic mass is 10.2. The van der Waals surface area contributed by atoms with Gasteiger partial charge < -0.3 is 18.7 Å². The largest absolute Gasteiger partial charge is 0.493 e. The van der Waals surface area contributed by atoms with Gasteiger partial charge in [-0.25, -0.2) is 0 Å². The Morgan fingerprint density at radius 1 is 1.04 bits per heavy atom. The number of nitrogens with zero attached hydrogens (tertiary/aromatic N) is 2. The van der Waals surface area contributed by atoms with Crippen molar-refractivity contribution in [2.24, 2.45) is 0 Å². The molecule has 124 valence electrons. The number of hydrogen-bond donors (Lipinski definition) is 0. The zero-order valence-corrected chi connectivity index (χ0v) is 13.9. The monoisotopic (exact) mass is 346 g/mol. The normalized spacial score (nSPS) is 10.5. The Morgan fingerprint density at radius 2 is 1.88 bits per heavy atom. The van der Waals surface area contributed by atoms with Crippen LogP contribution in [0.5, 0.6) is 17.2 Å². The van der Waals surface area contributed by atoms with Crippen molar-refractivity contribution in [3.8, 4) is 28.6 Å². The van der Waals surface area contributed by atoms with E-state index in [1.54, 1.807) is 50.6 Å². The molecule has 6 nitrogen and oxygen atoms in total. The van der Waals surface area contributed by atoms with E-state index in [0.29, 0.717) is 34.0 Å². The van der Waals surface area contributed by atoms with Crippen LogP contribution in [0.2, 0.25) is 5.02 Å². The summed E-state index contributed by atoms with van der Waals surface area (Å²) in [4.78, 5) is 4.32. The first-order valence-electron chi connectivity index (χ1n) is 7.13. The Hall–Kier alpha value is -2.73. The predicted molar refractivity (Wildman–Crippen MR) is 88.6 cm³/mol. The molecule has 0 N–H and O–H groups in total. The van der Waals surface area contributed by atoms with E-state index in [2.05, 4.69) is 10.1 Å². The van der Waals surface area contributed by atoms with Crippen LogP contribution in [0.25, 0.3) is 11.4 Å². The van der Waals surface area contributed by atoms with Crippen LogP contribution < -0.4 is 14.2 Å². The fourth-order valence-electron chi connectivity index (χ4n) is 2.11. The Labute approximate surface area is 143 Å². The van der Waals surface area contributed by atoms with Crippen molar-refractivity contribution in [1.82, 2.24) is 10.1 Å². The van der Waals surface area contributed by atoms with Gasteiger partial charge in [-0.2, -0.15) is 4.98 Å². The van der Waals surface area contributed by atoms with Crippen LogP contribution in [0.15, 0.2) is 47.0 Å². The maximum Gasteiger partial charge on any atom is 0.264 e. The molecule has 3 rings (SSSR count). The maximum atomic E-state index is 5.91. The highest BCUT2D eigenvalue weighted by Gasteiger charge is 2.12. The summed E-state index contributed by atoms with van der Waals surface area (Å²) in [7, 11) is 3.15. The van der Waals surface area contributed by atoms with E-state index in [1.807, 2.05) is 6.07 Å². The fraction of sp³-hybridized carbons (Fsp3) is 0.176. The second-order valence-corrected chi connectivity index (χ2v) is 5.26. The average Bonchev–Trinajstić information content (AvgIpc) is 3.08. The van der Waals surface area contributed by atoms with Gasteiger partial charge >= 0.3 is 0 Å². The topological polar surface area (TPSA) is 66.6 Å². The number of halogens is 1. The molecule has 0 amide bonds. The summed E-state index contributed by atoms with van der Waals surface area (Å²) in [6.07, 6.45) is 0. The van der Waals surface area contributed by atoms with Gasteiger partial charge in [-0.15, -0.1) is 0 Å². The Bertz CT molecular complexity index is 835. The molecule has 0 unspecified atom stereocenters. The lowest BCUT2D eigenvalue weighted by molar-refractivity contribution is 0.243. The minimum atomic E-state index is 0.153. The highest BCUT2D eigenvalue weighted by molar-refractivity contribution is 6.30. The first-order valence-corrected chi connectivity index (χ1v) is 7.50. The Balaban J connectivity index is 1.73. The van der Waals surface area contributed by atoms with Gasteiger partial charge in [0, 0.05) is 10.6 Å². The first kappa shape index (κ1) is 16.1. The summed E-state index contributed by atoms with van der Waals surface area (Å²) < 4.78 is 21.3. The summed E-state index contributed by atoms with van der Waals surface area (Å²) >= 11 is 5.91. The van der Waals surface area contributed by atoms with Crippen molar-refractivity contribution in [2.75, 3.05) is 14.2 Å². The smallest absolute Gasteiger partial charge is 0.264 e. The lowest BCUT2D eigenvalue weighted by Crippen LogP contribution is -1.95. The van der Waals surface area contributed by atoms with Crippen LogP contribution in [0.4, 0.5) is 0 Å². The Morgan fingerprint density at radius 3 is 2.62 bits per heavy atom. The molecule has 1 aromatic heterocycles. The molecular weight excluding hydrogens is 332 g/mol. The third-order valence-corrected chi connectivity index (χ3v) is 3.50. The van der Waals surface area contributed by atoms with Gasteiger partial charge in [0.2, 0.25) is 5.82 Å². The van der Waals surface area contributed by atoms with Gasteiger partial charge in [-0.05, 0) is 36.4 Å². The number of rotatable bonds is 6. The summed E-state index contributed by atoms with van der Waals surface area (Å²) in [5.41, 5.74) is 0.755. The van der Waals surface area contributed by atoms with Crippen LogP contribution in [-0.4, -0.2) is 24.4 Å². The van der Waals surface area contributed by atoms with Gasteiger partial charge in [-0.1, -0.05) is 22.8 Å². The van der Waals surface area contributed by atoms with Crippen molar-refractivity contribution in [2.45, 2.75) is 6.61 Å². The number of aromatic nitrogens is 2. The predicted octanol–water partition coefficient (Wildman–Crippen LogP) is 3.99. The molecule has 0 aliphatic rings. The molecule has 3 aromatic rings. The van der Waals surface area contributed by atoms with E-state index in [9.17, 15) is 0 Å². The molecule has 0 radical (unpaired) electrons. The SMILES string of the molecule is COc1ccc(-c2noc(COc3cccc(Cl)c3)n2)cc1OC. The number of ether oxygens (including phenoxy) is 3. The first-order chi connectivity index (χ1) is 11.7. The van der Waals surface area contributed by atoms with E-state index in [4.69, 9.17) is 30.3 Å². The van der Waals surface area contributed by atoms with E-state index >= 15 is 0 Å². The minimum absolute atomic E-state index is 0.153. The molecule has 0 aliphatic heterocycles. The molecule has 0 saturated carbocycles. The van der Waals surface area contributed by atoms with E-state index in [-0.39, 0.29) is 6.61 Å². The third kappa shape index (κ3) is 3.60. The molecular formula is C17H15ClN2O4. The van der Waals surface area contributed by atoms with E-state index in [1.165, 1.54) is 0 Å². The molecule has 0 fully saturated rings. The zero-order valence-electron chi connectivity index (χ0n) is 13.2. The average molecular weight is 347 g/mol. The van der Waals surface area contributed by atoms with Gasteiger partial charge in [0.1, 0.15) is 5.75 Å². The fourth-order valence-corrected chi connectivity index (χ4v) is 2.29. The van der Waals surface area contributed by atoms with Crippen LogP contribution in [-0.2, 0) is 6.61 Å². The third-order valence-electron chi connectivity index (χ3n) is 3.27. The van der Waals surface area contributed by atoms with Crippen molar-refractivity contribution >= 4 is 11.6 Å². The van der Waals surface area contributed by atoms with Crippen LogP contribution in [0, 0.1) is 0 Å². The van der Waals surface area contributed by atoms with Crippen LogP contribution in [0.1, 0.15) is 5.89 Å². The van der Waals surface area contributed by atoms with Crippen LogP contribution in [0.3, 0.4) is 0 Å². The van der Waals surface area contributed by atoms with Crippen molar-refractivity contribution < 1.29 is 18.7 Å². The quantitative estimate of drug-likeness (QED) is 0.672. The maximum absolute atomic E-state index is 5.91. The second kappa shape index (κ2) is 7.23. The summed E-state index contributed by atoms with van der Waals surface area (Å²) in [5, 5.41) is 4.56. The number of methoxy groups -OCH3 is 2. The highest BCUT2D eigenvalue weighted by Crippen LogP contribution is 2.31. The van der Waals surface area contributed by atoms with Gasteiger partial charge in [0.25, 0.3) is 5.89 Å². The molecule has 2 aromatic carbocycles. The molecule has 1 heterocycles. The van der Waals surface area contributed by atoms with E-state index in [0.717, 1.165) is 5.56 Å². The van der Waals surface area contributed by atoms with Crippen molar-refractivity contribution in [1.29, 1.82) is 0 Å². The standard InChI is InChI=1S/C17H15ClN2O4/c1-21-14-7-6-11(8-15(14)22-2)17-19-16(24-20-17)10-23-13-5-3-4-12(18)9-13/h3-9H,10H2,1-2H3.